The molecule has 0 radical (unpaired) electrons. The van der Waals surface area contributed by atoms with Crippen LogP contribution in [0.1, 0.15) is 29.3 Å². The molecule has 0 aliphatic carbocycles. The second-order valence-corrected chi connectivity index (χ2v) is 12.1. The molecule has 2 aliphatic heterocycles. The fourth-order valence-electron chi connectivity index (χ4n) is 6.27. The fourth-order valence-corrected chi connectivity index (χ4v) is 6.40. The van der Waals surface area contributed by atoms with E-state index in [-0.39, 0.29) is 12.0 Å². The molecule has 0 bridgehead atoms. The van der Waals surface area contributed by atoms with Gasteiger partial charge in [-0.25, -0.2) is 0 Å². The molecular formula is C35H40ClN5O2. The van der Waals surface area contributed by atoms with Crippen molar-refractivity contribution in [3.05, 3.63) is 106 Å². The third-order valence-electron chi connectivity index (χ3n) is 8.69. The Morgan fingerprint density at radius 2 is 1.63 bits per heavy atom. The molecule has 1 aromatic heterocycles. The molecule has 4 aromatic rings. The van der Waals surface area contributed by atoms with Crippen LogP contribution in [0.15, 0.2) is 78.9 Å². The zero-order valence-electron chi connectivity index (χ0n) is 25.1. The summed E-state index contributed by atoms with van der Waals surface area (Å²) >= 11 is 6.21. The van der Waals surface area contributed by atoms with Crippen LogP contribution in [0, 0.1) is 6.92 Å². The molecule has 224 valence electrons. The standard InChI is InChI=1S/C35H40ClN5O2/c1-26-8-6-7-11-33(26)39-20-18-38(19-21-39)22-31(43-25-28-9-4-3-5-10-28)23-41-34-16-17-40(27(2)42)24-32(34)35(37-41)29-12-14-30(36)15-13-29/h3-15,31H,16-25H2,1-2H3. The first kappa shape index (κ1) is 29.4. The molecule has 0 N–H and O–H groups in total. The van der Waals surface area contributed by atoms with E-state index in [0.29, 0.717) is 31.3 Å². The van der Waals surface area contributed by atoms with E-state index in [1.807, 2.05) is 35.2 Å². The normalized spacial score (nSPS) is 16.3. The van der Waals surface area contributed by atoms with Crippen LogP contribution in [0.2, 0.25) is 5.02 Å². The number of carbonyl (C=O) groups is 1. The van der Waals surface area contributed by atoms with Gasteiger partial charge in [0, 0.05) is 86.7 Å². The van der Waals surface area contributed by atoms with Crippen molar-refractivity contribution in [1.82, 2.24) is 19.6 Å². The first-order valence-electron chi connectivity index (χ1n) is 15.2. The van der Waals surface area contributed by atoms with Gasteiger partial charge in [0.05, 0.1) is 24.9 Å². The first-order chi connectivity index (χ1) is 20.9. The number of hydrogen-bond acceptors (Lipinski definition) is 5. The molecule has 6 rings (SSSR count). The molecule has 0 spiro atoms. The highest BCUT2D eigenvalue weighted by Crippen LogP contribution is 2.31. The summed E-state index contributed by atoms with van der Waals surface area (Å²) in [5, 5.41) is 5.86. The number of hydrogen-bond donors (Lipinski definition) is 0. The van der Waals surface area contributed by atoms with Crippen molar-refractivity contribution < 1.29 is 9.53 Å². The molecule has 8 heteroatoms. The van der Waals surface area contributed by atoms with Crippen molar-refractivity contribution >= 4 is 23.2 Å². The summed E-state index contributed by atoms with van der Waals surface area (Å²) in [5.74, 6) is 0.0920. The molecule has 1 atom stereocenters. The van der Waals surface area contributed by atoms with E-state index in [9.17, 15) is 4.79 Å². The van der Waals surface area contributed by atoms with E-state index in [1.165, 1.54) is 22.5 Å². The van der Waals surface area contributed by atoms with Crippen molar-refractivity contribution in [3.8, 4) is 11.3 Å². The highest BCUT2D eigenvalue weighted by Gasteiger charge is 2.29. The molecule has 7 nitrogen and oxygen atoms in total. The number of anilines is 1. The quantitative estimate of drug-likeness (QED) is 0.243. The lowest BCUT2D eigenvalue weighted by Gasteiger charge is -2.38. The highest BCUT2D eigenvalue weighted by molar-refractivity contribution is 6.30. The van der Waals surface area contributed by atoms with Gasteiger partial charge in [0.25, 0.3) is 0 Å². The van der Waals surface area contributed by atoms with E-state index < -0.39 is 0 Å². The number of aromatic nitrogens is 2. The van der Waals surface area contributed by atoms with Crippen molar-refractivity contribution in [2.45, 2.75) is 46.1 Å². The fraction of sp³-hybridized carbons (Fsp3) is 0.371. The predicted molar refractivity (Wildman–Crippen MR) is 172 cm³/mol. The van der Waals surface area contributed by atoms with Crippen LogP contribution in [0.4, 0.5) is 5.69 Å². The van der Waals surface area contributed by atoms with Gasteiger partial charge >= 0.3 is 0 Å². The second kappa shape index (κ2) is 13.3. The Bertz CT molecular complexity index is 1530. The van der Waals surface area contributed by atoms with Gasteiger partial charge in [-0.2, -0.15) is 5.10 Å². The monoisotopic (exact) mass is 597 g/mol. The topological polar surface area (TPSA) is 53.8 Å². The molecular weight excluding hydrogens is 558 g/mol. The molecule has 1 saturated heterocycles. The second-order valence-electron chi connectivity index (χ2n) is 11.6. The number of aryl methyl sites for hydroxylation is 1. The molecule has 1 unspecified atom stereocenters. The van der Waals surface area contributed by atoms with Crippen molar-refractivity contribution in [1.29, 1.82) is 0 Å². The zero-order valence-corrected chi connectivity index (χ0v) is 25.8. The van der Waals surface area contributed by atoms with E-state index in [0.717, 1.165) is 56.0 Å². The average Bonchev–Trinajstić information content (AvgIpc) is 3.39. The van der Waals surface area contributed by atoms with Crippen LogP contribution in [0.25, 0.3) is 11.3 Å². The number of nitrogens with zero attached hydrogens (tertiary/aromatic N) is 5. The first-order valence-corrected chi connectivity index (χ1v) is 15.6. The lowest BCUT2D eigenvalue weighted by molar-refractivity contribution is -0.129. The Balaban J connectivity index is 1.23. The van der Waals surface area contributed by atoms with E-state index >= 15 is 0 Å². The number of para-hydroxylation sites is 1. The number of rotatable bonds is 9. The summed E-state index contributed by atoms with van der Waals surface area (Å²) in [6.07, 6.45) is 0.730. The van der Waals surface area contributed by atoms with E-state index in [1.54, 1.807) is 6.92 Å². The summed E-state index contributed by atoms with van der Waals surface area (Å²) in [7, 11) is 0. The lowest BCUT2D eigenvalue weighted by atomic mass is 10.0. The minimum absolute atomic E-state index is 0.0434. The van der Waals surface area contributed by atoms with Gasteiger partial charge in [-0.3, -0.25) is 14.4 Å². The Labute approximate surface area is 259 Å². The van der Waals surface area contributed by atoms with Crippen LogP contribution in [0.5, 0.6) is 0 Å². The van der Waals surface area contributed by atoms with Gasteiger partial charge in [-0.05, 0) is 36.2 Å². The number of piperazine rings is 1. The zero-order chi connectivity index (χ0) is 29.8. The SMILES string of the molecule is CC(=O)N1CCc2c(c(-c3ccc(Cl)cc3)nn2CC(CN2CCN(c3ccccc3C)CC2)OCc2ccccc2)C1. The third kappa shape index (κ3) is 6.96. The predicted octanol–water partition coefficient (Wildman–Crippen LogP) is 5.82. The van der Waals surface area contributed by atoms with Gasteiger partial charge in [0.15, 0.2) is 0 Å². The maximum absolute atomic E-state index is 12.3. The highest BCUT2D eigenvalue weighted by atomic mass is 35.5. The van der Waals surface area contributed by atoms with Crippen molar-refractivity contribution in [2.75, 3.05) is 44.2 Å². The number of carbonyl (C=O) groups excluding carboxylic acids is 1. The molecule has 3 aromatic carbocycles. The Morgan fingerprint density at radius 1 is 0.907 bits per heavy atom. The smallest absolute Gasteiger partial charge is 0.219 e. The van der Waals surface area contributed by atoms with Gasteiger partial charge in [0.1, 0.15) is 0 Å². The maximum atomic E-state index is 12.3. The van der Waals surface area contributed by atoms with Crippen molar-refractivity contribution in [2.24, 2.45) is 0 Å². The molecule has 1 amide bonds. The van der Waals surface area contributed by atoms with Gasteiger partial charge in [0.2, 0.25) is 5.91 Å². The minimum Gasteiger partial charge on any atom is -0.370 e. The van der Waals surface area contributed by atoms with E-state index in [4.69, 9.17) is 21.4 Å². The summed E-state index contributed by atoms with van der Waals surface area (Å²) < 4.78 is 8.80. The number of benzene rings is 3. The number of fused-ring (bicyclic) bond motifs is 1. The van der Waals surface area contributed by atoms with Crippen LogP contribution >= 0.6 is 11.6 Å². The molecule has 2 aliphatic rings. The summed E-state index contributed by atoms with van der Waals surface area (Å²) in [6.45, 7) is 11.1. The number of ether oxygens (including phenoxy) is 1. The Hall–Kier alpha value is -3.65. The van der Waals surface area contributed by atoms with Crippen LogP contribution < -0.4 is 4.90 Å². The van der Waals surface area contributed by atoms with Crippen molar-refractivity contribution in [3.63, 3.8) is 0 Å². The Kier molecular flexibility index (Phi) is 9.12. The molecule has 0 saturated carbocycles. The minimum atomic E-state index is -0.0434. The third-order valence-corrected chi connectivity index (χ3v) is 8.94. The largest absolute Gasteiger partial charge is 0.370 e. The molecule has 1 fully saturated rings. The summed E-state index contributed by atoms with van der Waals surface area (Å²) in [5.41, 5.74) is 8.07. The van der Waals surface area contributed by atoms with Crippen LogP contribution in [-0.4, -0.2) is 70.9 Å². The van der Waals surface area contributed by atoms with Gasteiger partial charge in [-0.1, -0.05) is 72.3 Å². The average molecular weight is 598 g/mol. The number of amides is 1. The summed E-state index contributed by atoms with van der Waals surface area (Å²) in [6, 6.07) is 26.8. The number of halogens is 1. The molecule has 3 heterocycles. The Morgan fingerprint density at radius 3 is 2.35 bits per heavy atom. The van der Waals surface area contributed by atoms with Crippen LogP contribution in [-0.2, 0) is 35.6 Å². The van der Waals surface area contributed by atoms with Crippen LogP contribution in [0.3, 0.4) is 0 Å². The maximum Gasteiger partial charge on any atom is 0.219 e. The van der Waals surface area contributed by atoms with Gasteiger partial charge < -0.3 is 14.5 Å². The van der Waals surface area contributed by atoms with E-state index in [2.05, 4.69) is 69.9 Å². The van der Waals surface area contributed by atoms with Gasteiger partial charge in [-0.15, -0.1) is 0 Å². The lowest BCUT2D eigenvalue weighted by Crippen LogP contribution is -2.49. The molecule has 43 heavy (non-hydrogen) atoms. The summed E-state index contributed by atoms with van der Waals surface area (Å²) in [4.78, 5) is 19.2.